The Morgan fingerprint density at radius 3 is 2.17 bits per heavy atom. The minimum absolute atomic E-state index is 0.0886. The lowest BCUT2D eigenvalue weighted by Gasteiger charge is -2.26. The van der Waals surface area contributed by atoms with Crippen LogP contribution in [-0.2, 0) is 14.4 Å². The molecular formula is C22H27ClN2O5. The molecule has 0 spiro atoms. The second-order valence-corrected chi connectivity index (χ2v) is 8.71. The monoisotopic (exact) mass is 434 g/mol. The van der Waals surface area contributed by atoms with Crippen molar-refractivity contribution in [3.05, 3.63) is 39.4 Å². The number of carboxylic acid groups (broad SMARTS) is 1. The van der Waals surface area contributed by atoms with Crippen molar-refractivity contribution >= 4 is 29.4 Å². The van der Waals surface area contributed by atoms with Crippen LogP contribution >= 0.6 is 11.6 Å². The number of benzene rings is 1. The van der Waals surface area contributed by atoms with Crippen molar-refractivity contribution in [2.75, 3.05) is 6.61 Å². The predicted molar refractivity (Wildman–Crippen MR) is 112 cm³/mol. The molecular weight excluding hydrogens is 408 g/mol. The van der Waals surface area contributed by atoms with E-state index in [-0.39, 0.29) is 18.4 Å². The molecule has 0 unspecified atom stereocenters. The molecule has 162 valence electrons. The number of carbonyl (C=O) groups is 3. The number of fused-ring (bicyclic) bond motifs is 2. The molecule has 0 saturated heterocycles. The van der Waals surface area contributed by atoms with Crippen LogP contribution in [0.1, 0.15) is 37.8 Å². The van der Waals surface area contributed by atoms with E-state index in [0.29, 0.717) is 10.8 Å². The fraction of sp³-hybridized carbons (Fsp3) is 0.500. The van der Waals surface area contributed by atoms with Gasteiger partial charge in [0.15, 0.2) is 6.61 Å². The smallest absolute Gasteiger partial charge is 0.307 e. The Balaban J connectivity index is 1.59. The van der Waals surface area contributed by atoms with Crippen LogP contribution in [0.25, 0.3) is 0 Å². The maximum atomic E-state index is 12.8. The van der Waals surface area contributed by atoms with Gasteiger partial charge in [-0.25, -0.2) is 0 Å². The highest BCUT2D eigenvalue weighted by atomic mass is 35.5. The molecule has 3 rings (SSSR count). The lowest BCUT2D eigenvalue weighted by molar-refractivity contribution is -0.150. The minimum Gasteiger partial charge on any atom is -0.484 e. The summed E-state index contributed by atoms with van der Waals surface area (Å²) in [6.07, 6.45) is 1.57. The first-order valence-electron chi connectivity index (χ1n) is 10.00. The summed E-state index contributed by atoms with van der Waals surface area (Å²) in [5, 5.41) is 10.3. The quantitative estimate of drug-likeness (QED) is 0.487. The molecule has 8 heteroatoms. The maximum absolute atomic E-state index is 12.8. The normalized spacial score (nSPS) is 24.5. The van der Waals surface area contributed by atoms with E-state index in [1.54, 1.807) is 12.1 Å². The Kier molecular flexibility index (Phi) is 6.41. The number of allylic oxidation sites excluding steroid dienone is 2. The third kappa shape index (κ3) is 4.17. The molecule has 0 aliphatic heterocycles. The van der Waals surface area contributed by atoms with E-state index in [0.717, 1.165) is 35.1 Å². The van der Waals surface area contributed by atoms with Gasteiger partial charge in [0.2, 0.25) is 5.91 Å². The molecule has 4 atom stereocenters. The van der Waals surface area contributed by atoms with Crippen molar-refractivity contribution in [1.29, 1.82) is 0 Å². The number of halogens is 1. The topological polar surface area (TPSA) is 105 Å². The van der Waals surface area contributed by atoms with Gasteiger partial charge in [0.05, 0.1) is 11.8 Å². The van der Waals surface area contributed by atoms with Crippen molar-refractivity contribution in [3.8, 4) is 5.75 Å². The fourth-order valence-corrected chi connectivity index (χ4v) is 5.10. The number of carbonyl (C=O) groups excluding carboxylic acids is 2. The highest BCUT2D eigenvalue weighted by Gasteiger charge is 2.57. The van der Waals surface area contributed by atoms with E-state index in [4.69, 9.17) is 16.3 Å². The Morgan fingerprint density at radius 1 is 1.07 bits per heavy atom. The first-order valence-corrected chi connectivity index (χ1v) is 10.4. The van der Waals surface area contributed by atoms with Gasteiger partial charge in [0, 0.05) is 5.02 Å². The Bertz CT molecular complexity index is 899. The number of aryl methyl sites for hydroxylation is 2. The average Bonchev–Trinajstić information content (AvgIpc) is 3.25. The van der Waals surface area contributed by atoms with Crippen LogP contribution in [0.3, 0.4) is 0 Å². The minimum atomic E-state index is -0.968. The van der Waals surface area contributed by atoms with Gasteiger partial charge in [-0.1, -0.05) is 22.7 Å². The summed E-state index contributed by atoms with van der Waals surface area (Å²) in [7, 11) is 0. The second kappa shape index (κ2) is 8.68. The summed E-state index contributed by atoms with van der Waals surface area (Å²) in [5.74, 6) is -3.12. The number of hydrazine groups is 1. The number of rotatable bonds is 5. The van der Waals surface area contributed by atoms with E-state index in [9.17, 15) is 19.5 Å². The zero-order valence-corrected chi connectivity index (χ0v) is 18.3. The molecule has 2 amide bonds. The highest BCUT2D eigenvalue weighted by molar-refractivity contribution is 6.32. The van der Waals surface area contributed by atoms with Crippen LogP contribution < -0.4 is 15.6 Å². The third-order valence-electron chi connectivity index (χ3n) is 6.11. The maximum Gasteiger partial charge on any atom is 0.307 e. The number of ether oxygens (including phenoxy) is 1. The van der Waals surface area contributed by atoms with Crippen molar-refractivity contribution in [1.82, 2.24) is 10.9 Å². The standard InChI is InChI=1S/C22H27ClN2O5/c1-10(2)17-14-5-6-15(17)19(22(28)29)18(14)21(27)25-24-16(26)9-30-13-7-11(3)20(23)12(4)8-13/h7-8,14-15,18-19H,5-6,9H2,1-4H3,(H,24,26)(H,25,27)(H,28,29)/t14-,15+,18+,19+/m0/s1. The van der Waals surface area contributed by atoms with Crippen molar-refractivity contribution < 1.29 is 24.2 Å². The molecule has 2 aliphatic carbocycles. The number of hydrogen-bond donors (Lipinski definition) is 3. The zero-order valence-electron chi connectivity index (χ0n) is 17.5. The number of hydrogen-bond acceptors (Lipinski definition) is 4. The second-order valence-electron chi connectivity index (χ2n) is 8.33. The van der Waals surface area contributed by atoms with Crippen LogP contribution in [0.4, 0.5) is 0 Å². The molecule has 7 nitrogen and oxygen atoms in total. The summed E-state index contributed by atoms with van der Waals surface area (Å²) in [6.45, 7) is 7.31. The van der Waals surface area contributed by atoms with Crippen molar-refractivity contribution in [2.45, 2.75) is 40.5 Å². The van der Waals surface area contributed by atoms with Crippen LogP contribution in [0.2, 0.25) is 5.02 Å². The first-order chi connectivity index (χ1) is 14.1. The van der Waals surface area contributed by atoms with Gasteiger partial charge in [-0.05, 0) is 75.6 Å². The van der Waals surface area contributed by atoms with E-state index >= 15 is 0 Å². The van der Waals surface area contributed by atoms with E-state index < -0.39 is 29.6 Å². The SMILES string of the molecule is CC(C)=C1[C@H]2CC[C@@H]1[C@@H](C(=O)NNC(=O)COc1cc(C)c(Cl)c(C)c1)[C@@H]2C(=O)O. The van der Waals surface area contributed by atoms with Gasteiger partial charge in [-0.3, -0.25) is 25.2 Å². The lowest BCUT2D eigenvalue weighted by Crippen LogP contribution is -2.49. The average molecular weight is 435 g/mol. The molecule has 0 heterocycles. The molecule has 3 N–H and O–H groups in total. The van der Waals surface area contributed by atoms with Crippen LogP contribution in [0, 0.1) is 37.5 Å². The first kappa shape index (κ1) is 22.2. The number of amides is 2. The van der Waals surface area contributed by atoms with E-state index in [1.165, 1.54) is 0 Å². The summed E-state index contributed by atoms with van der Waals surface area (Å²) in [4.78, 5) is 36.7. The van der Waals surface area contributed by atoms with Gasteiger partial charge in [-0.15, -0.1) is 0 Å². The third-order valence-corrected chi connectivity index (χ3v) is 6.71. The Labute approximate surface area is 180 Å². The molecule has 0 aromatic heterocycles. The van der Waals surface area contributed by atoms with Gasteiger partial charge in [0.25, 0.3) is 5.91 Å². The van der Waals surface area contributed by atoms with Crippen LogP contribution in [0.5, 0.6) is 5.75 Å². The fourth-order valence-electron chi connectivity index (χ4n) is 4.99. The van der Waals surface area contributed by atoms with Gasteiger partial charge in [-0.2, -0.15) is 0 Å². The Morgan fingerprint density at radius 2 is 1.63 bits per heavy atom. The molecule has 2 fully saturated rings. The van der Waals surface area contributed by atoms with Gasteiger partial charge >= 0.3 is 5.97 Å². The molecule has 2 saturated carbocycles. The largest absolute Gasteiger partial charge is 0.484 e. The number of aliphatic carboxylic acids is 1. The molecule has 2 bridgehead atoms. The molecule has 30 heavy (non-hydrogen) atoms. The lowest BCUT2D eigenvalue weighted by atomic mass is 9.79. The van der Waals surface area contributed by atoms with Gasteiger partial charge in [0.1, 0.15) is 5.75 Å². The molecule has 1 aromatic rings. The van der Waals surface area contributed by atoms with E-state index in [2.05, 4.69) is 10.9 Å². The van der Waals surface area contributed by atoms with Crippen molar-refractivity contribution in [3.63, 3.8) is 0 Å². The number of carboxylic acids is 1. The highest BCUT2D eigenvalue weighted by Crippen LogP contribution is 2.57. The summed E-state index contributed by atoms with van der Waals surface area (Å²) >= 11 is 6.12. The molecule has 0 radical (unpaired) electrons. The summed E-state index contributed by atoms with van der Waals surface area (Å²) < 4.78 is 5.48. The van der Waals surface area contributed by atoms with E-state index in [1.807, 2.05) is 27.7 Å². The van der Waals surface area contributed by atoms with Crippen molar-refractivity contribution in [2.24, 2.45) is 23.7 Å². The van der Waals surface area contributed by atoms with Crippen LogP contribution in [0.15, 0.2) is 23.3 Å². The summed E-state index contributed by atoms with van der Waals surface area (Å²) in [5.41, 5.74) is 8.58. The Hall–Kier alpha value is -2.54. The molecule has 1 aromatic carbocycles. The molecule has 2 aliphatic rings. The van der Waals surface area contributed by atoms with Gasteiger partial charge < -0.3 is 9.84 Å². The van der Waals surface area contributed by atoms with Crippen LogP contribution in [-0.4, -0.2) is 29.5 Å². The summed E-state index contributed by atoms with van der Waals surface area (Å²) in [6, 6.07) is 3.46. The predicted octanol–water partition coefficient (Wildman–Crippen LogP) is 3.18. The zero-order chi connectivity index (χ0) is 22.2. The number of nitrogens with one attached hydrogen (secondary N) is 2.